The van der Waals surface area contributed by atoms with Crippen LogP contribution in [0.3, 0.4) is 0 Å². The molecule has 0 bridgehead atoms. The average Bonchev–Trinajstić information content (AvgIpc) is 3.49. The van der Waals surface area contributed by atoms with Crippen molar-refractivity contribution in [1.29, 1.82) is 0 Å². The smallest absolute Gasteiger partial charge is 0.192 e. The van der Waals surface area contributed by atoms with Gasteiger partial charge in [0.1, 0.15) is 11.2 Å². The van der Waals surface area contributed by atoms with Gasteiger partial charge in [-0.15, -0.1) is 0 Å². The summed E-state index contributed by atoms with van der Waals surface area (Å²) in [5.74, 6) is 1.87. The van der Waals surface area contributed by atoms with E-state index < -0.39 is 8.32 Å². The molecule has 1 spiro atoms. The van der Waals surface area contributed by atoms with E-state index >= 15 is 0 Å². The van der Waals surface area contributed by atoms with Crippen LogP contribution in [-0.4, -0.2) is 44.1 Å². The Morgan fingerprint density at radius 1 is 1.09 bits per heavy atom. The number of rotatable bonds is 2. The van der Waals surface area contributed by atoms with Crippen molar-refractivity contribution in [2.45, 2.75) is 120 Å². The lowest BCUT2D eigenvalue weighted by Crippen LogP contribution is -2.55. The molecule has 5 heteroatoms. The second kappa shape index (κ2) is 5.78. The topological polar surface area (TPSA) is 40.2 Å². The standard InChI is InChI=1S/C27H42O4Si/c1-22(2,3)32(5,6)31-27-16-18(27)15-21-19-7-10-24-17-25(28-13-14-29-25)11-12-26(24,30-24)20(19)8-9-23(21,27)4/h8,18-19,21H,7,9-17H2,1-6H3/t18-,19+,21-,23-,24+,26+,27-/m0/s1. The summed E-state index contributed by atoms with van der Waals surface area (Å²) in [5, 5.41) is 0.271. The Labute approximate surface area is 194 Å². The van der Waals surface area contributed by atoms with E-state index in [4.69, 9.17) is 18.6 Å². The molecular weight excluding hydrogens is 416 g/mol. The van der Waals surface area contributed by atoms with Crippen molar-refractivity contribution in [1.82, 2.24) is 0 Å². The van der Waals surface area contributed by atoms with E-state index in [9.17, 15) is 0 Å². The van der Waals surface area contributed by atoms with Crippen LogP contribution in [0.2, 0.25) is 18.1 Å². The first-order chi connectivity index (χ1) is 14.9. The minimum Gasteiger partial charge on any atom is -0.410 e. The molecule has 7 atom stereocenters. The fraction of sp³-hybridized carbons (Fsp3) is 0.926. The van der Waals surface area contributed by atoms with E-state index in [1.807, 2.05) is 0 Å². The molecule has 0 N–H and O–H groups in total. The Balaban J connectivity index is 1.19. The summed E-state index contributed by atoms with van der Waals surface area (Å²) >= 11 is 0. The normalized spacial score (nSPS) is 52.4. The van der Waals surface area contributed by atoms with E-state index in [1.54, 1.807) is 5.57 Å². The third-order valence-corrected chi connectivity index (χ3v) is 16.3. The summed E-state index contributed by atoms with van der Waals surface area (Å²) in [4.78, 5) is 0. The van der Waals surface area contributed by atoms with Gasteiger partial charge >= 0.3 is 0 Å². The molecule has 2 heterocycles. The molecule has 0 aromatic carbocycles. The lowest BCUT2D eigenvalue weighted by atomic mass is 9.53. The van der Waals surface area contributed by atoms with Gasteiger partial charge in [-0.3, -0.25) is 0 Å². The highest BCUT2D eigenvalue weighted by atomic mass is 28.4. The van der Waals surface area contributed by atoms with Crippen LogP contribution < -0.4 is 0 Å². The van der Waals surface area contributed by atoms with Crippen molar-refractivity contribution in [2.24, 2.45) is 23.2 Å². The number of epoxide rings is 1. The molecule has 4 saturated carbocycles. The molecule has 32 heavy (non-hydrogen) atoms. The molecule has 0 amide bonds. The second-order valence-electron chi connectivity index (χ2n) is 14.1. The summed E-state index contributed by atoms with van der Waals surface area (Å²) in [6, 6.07) is 0. The van der Waals surface area contributed by atoms with Gasteiger partial charge < -0.3 is 18.6 Å². The van der Waals surface area contributed by atoms with Gasteiger partial charge in [-0.2, -0.15) is 0 Å². The molecule has 6 fully saturated rings. The summed E-state index contributed by atoms with van der Waals surface area (Å²) in [7, 11) is -1.79. The highest BCUT2D eigenvalue weighted by Gasteiger charge is 2.82. The van der Waals surface area contributed by atoms with Crippen LogP contribution in [0.5, 0.6) is 0 Å². The summed E-state index contributed by atoms with van der Waals surface area (Å²) < 4.78 is 26.3. The van der Waals surface area contributed by atoms with Crippen LogP contribution in [0.25, 0.3) is 0 Å². The molecule has 5 aliphatic carbocycles. The maximum absolute atomic E-state index is 7.33. The third-order valence-electron chi connectivity index (χ3n) is 11.9. The number of hydrogen-bond acceptors (Lipinski definition) is 4. The highest BCUT2D eigenvalue weighted by molar-refractivity contribution is 6.74. The van der Waals surface area contributed by atoms with Crippen molar-refractivity contribution in [3.8, 4) is 0 Å². The van der Waals surface area contributed by atoms with Crippen LogP contribution in [0.15, 0.2) is 11.6 Å². The number of allylic oxidation sites excluding steroid dienone is 1. The van der Waals surface area contributed by atoms with Crippen molar-refractivity contribution < 1.29 is 18.6 Å². The van der Waals surface area contributed by atoms with Crippen molar-refractivity contribution in [2.75, 3.05) is 13.2 Å². The van der Waals surface area contributed by atoms with Gasteiger partial charge in [0.15, 0.2) is 14.1 Å². The first-order valence-corrected chi connectivity index (χ1v) is 16.2. The molecule has 2 aliphatic heterocycles. The van der Waals surface area contributed by atoms with Gasteiger partial charge in [-0.25, -0.2) is 0 Å². The number of ether oxygens (including phenoxy) is 3. The molecule has 0 unspecified atom stereocenters. The first-order valence-electron chi connectivity index (χ1n) is 13.3. The monoisotopic (exact) mass is 458 g/mol. The molecule has 7 rings (SSSR count). The molecular formula is C27H42O4Si. The molecule has 7 aliphatic rings. The molecule has 2 saturated heterocycles. The molecule has 0 aromatic heterocycles. The van der Waals surface area contributed by atoms with E-state index in [1.165, 1.54) is 32.1 Å². The highest BCUT2D eigenvalue weighted by Crippen LogP contribution is 2.79. The van der Waals surface area contributed by atoms with Gasteiger partial charge in [0.25, 0.3) is 0 Å². The van der Waals surface area contributed by atoms with E-state index in [0.29, 0.717) is 11.3 Å². The van der Waals surface area contributed by atoms with Gasteiger partial charge in [0, 0.05) is 18.3 Å². The van der Waals surface area contributed by atoms with Gasteiger partial charge in [-0.05, 0) is 80.0 Å². The minimum absolute atomic E-state index is 0.00195. The maximum Gasteiger partial charge on any atom is 0.192 e. The summed E-state index contributed by atoms with van der Waals surface area (Å²) in [5.41, 5.74) is 2.09. The number of hydrogen-bond donors (Lipinski definition) is 0. The third kappa shape index (κ3) is 2.29. The van der Waals surface area contributed by atoms with E-state index in [-0.39, 0.29) is 27.6 Å². The predicted molar refractivity (Wildman–Crippen MR) is 126 cm³/mol. The van der Waals surface area contributed by atoms with Gasteiger partial charge in [0.05, 0.1) is 18.8 Å². The first kappa shape index (κ1) is 21.1. The number of fused-ring (bicyclic) bond motifs is 5. The molecule has 4 nitrogen and oxygen atoms in total. The Morgan fingerprint density at radius 2 is 1.84 bits per heavy atom. The second-order valence-corrected chi connectivity index (χ2v) is 18.9. The average molecular weight is 459 g/mol. The maximum atomic E-state index is 7.33. The van der Waals surface area contributed by atoms with Gasteiger partial charge in [-0.1, -0.05) is 33.8 Å². The Kier molecular flexibility index (Phi) is 3.81. The van der Waals surface area contributed by atoms with E-state index in [0.717, 1.165) is 44.3 Å². The fourth-order valence-corrected chi connectivity index (χ4v) is 10.7. The Morgan fingerprint density at radius 3 is 2.56 bits per heavy atom. The lowest BCUT2D eigenvalue weighted by molar-refractivity contribution is -0.185. The van der Waals surface area contributed by atoms with Crippen molar-refractivity contribution in [3.05, 3.63) is 11.6 Å². The van der Waals surface area contributed by atoms with Crippen molar-refractivity contribution in [3.63, 3.8) is 0 Å². The zero-order chi connectivity index (χ0) is 22.4. The Bertz CT molecular complexity index is 900. The molecule has 178 valence electrons. The SMILES string of the molecule is CC(C)(C)[Si](C)(C)O[C@@]12C[C@@H]1C[C@H]1[C@@H]3CC[C@@]45CC6(CC[C@@]4(O5)C3=CC[C@@]12C)OCCO6. The summed E-state index contributed by atoms with van der Waals surface area (Å²) in [6.07, 6.45) is 11.9. The van der Waals surface area contributed by atoms with Crippen molar-refractivity contribution >= 4 is 8.32 Å². The molecule has 0 aromatic rings. The van der Waals surface area contributed by atoms with Crippen LogP contribution in [0, 0.1) is 23.2 Å². The lowest BCUT2D eigenvalue weighted by Gasteiger charge is -2.53. The summed E-state index contributed by atoms with van der Waals surface area (Å²) in [6.45, 7) is 16.1. The van der Waals surface area contributed by atoms with Crippen LogP contribution in [-0.2, 0) is 18.6 Å². The van der Waals surface area contributed by atoms with Gasteiger partial charge in [0.2, 0.25) is 0 Å². The van der Waals surface area contributed by atoms with Crippen LogP contribution in [0.1, 0.15) is 79.1 Å². The Hall–Kier alpha value is -0.203. The quantitative estimate of drug-likeness (QED) is 0.290. The predicted octanol–water partition coefficient (Wildman–Crippen LogP) is 5.97. The minimum atomic E-state index is -1.79. The largest absolute Gasteiger partial charge is 0.410 e. The zero-order valence-electron chi connectivity index (χ0n) is 21.0. The zero-order valence-corrected chi connectivity index (χ0v) is 22.0. The van der Waals surface area contributed by atoms with Crippen LogP contribution >= 0.6 is 0 Å². The molecule has 0 radical (unpaired) electrons. The fourth-order valence-electron chi connectivity index (χ4n) is 9.05. The van der Waals surface area contributed by atoms with E-state index in [2.05, 4.69) is 46.9 Å². The van der Waals surface area contributed by atoms with Crippen LogP contribution in [0.4, 0.5) is 0 Å².